The summed E-state index contributed by atoms with van der Waals surface area (Å²) in [5, 5.41) is 6.45. The van der Waals surface area contributed by atoms with E-state index in [1.165, 1.54) is 25.7 Å². The summed E-state index contributed by atoms with van der Waals surface area (Å²) in [6.07, 6.45) is 5.74. The highest BCUT2D eigenvalue weighted by atomic mass is 27.2. The summed E-state index contributed by atoms with van der Waals surface area (Å²) < 4.78 is 0. The van der Waals surface area contributed by atoms with Gasteiger partial charge in [0.1, 0.15) is 13.1 Å². The maximum absolute atomic E-state index is 2.37. The van der Waals surface area contributed by atoms with Gasteiger partial charge in [-0.1, -0.05) is 53.4 Å². The van der Waals surface area contributed by atoms with Crippen LogP contribution in [0, 0.1) is 0 Å². The van der Waals surface area contributed by atoms with E-state index in [-0.39, 0.29) is 5.48 Å². The molecular formula is C12H30AlO-. The second kappa shape index (κ2) is 10.0. The van der Waals surface area contributed by atoms with Crippen molar-refractivity contribution in [3.05, 3.63) is 0 Å². The normalized spacial score (nSPS) is 11.1. The molecule has 0 fully saturated rings. The maximum Gasteiger partial charge on any atom is 0.134 e. The van der Waals surface area contributed by atoms with Crippen molar-refractivity contribution in [2.24, 2.45) is 0 Å². The molecule has 0 aliphatic carbocycles. The van der Waals surface area contributed by atoms with Crippen LogP contribution in [0.15, 0.2) is 0 Å². The van der Waals surface area contributed by atoms with E-state index in [1.807, 2.05) is 0 Å². The summed E-state index contributed by atoms with van der Waals surface area (Å²) >= 11 is -1.09. The van der Waals surface area contributed by atoms with Gasteiger partial charge in [-0.3, -0.25) is 0 Å². The first kappa shape index (κ1) is 16.9. The summed E-state index contributed by atoms with van der Waals surface area (Å²) in [5.41, 5.74) is 0. The van der Waals surface area contributed by atoms with Crippen LogP contribution in [0.1, 0.15) is 53.4 Å². The minimum absolute atomic E-state index is 0. The Bertz CT molecular complexity index is 85.4. The van der Waals surface area contributed by atoms with Gasteiger partial charge in [-0.05, 0) is 0 Å². The predicted molar refractivity (Wildman–Crippen MR) is 69.8 cm³/mol. The maximum atomic E-state index is 2.37. The van der Waals surface area contributed by atoms with E-state index in [4.69, 9.17) is 0 Å². The van der Waals surface area contributed by atoms with Crippen molar-refractivity contribution in [3.8, 4) is 0 Å². The Morgan fingerprint density at radius 1 is 0.571 bits per heavy atom. The zero-order chi connectivity index (χ0) is 10.2. The largest absolute Gasteiger partial charge is 0.412 e. The van der Waals surface area contributed by atoms with Gasteiger partial charge in [0, 0.05) is 0 Å². The fraction of sp³-hybridized carbons (Fsp3) is 1.00. The Hall–Kier alpha value is 0.492. The summed E-state index contributed by atoms with van der Waals surface area (Å²) in [5.74, 6) is 0. The predicted octanol–water partition coefficient (Wildman–Crippen LogP) is 4.25. The van der Waals surface area contributed by atoms with E-state index in [9.17, 15) is 0 Å². The lowest BCUT2D eigenvalue weighted by molar-refractivity contribution is 0.824. The Balaban J connectivity index is 0. The third-order valence-corrected chi connectivity index (χ3v) is 10.8. The van der Waals surface area contributed by atoms with Crippen molar-refractivity contribution in [3.63, 3.8) is 0 Å². The molecule has 0 aliphatic rings. The molecule has 0 aromatic heterocycles. The molecule has 0 aliphatic heterocycles. The molecule has 88 valence electrons. The molecule has 1 nitrogen and oxygen atoms in total. The monoisotopic (exact) mass is 217 g/mol. The van der Waals surface area contributed by atoms with Crippen LogP contribution in [-0.2, 0) is 0 Å². The molecule has 0 unspecified atom stereocenters. The summed E-state index contributed by atoms with van der Waals surface area (Å²) in [6.45, 7) is 9.48. The first-order valence-electron chi connectivity index (χ1n) is 6.46. The van der Waals surface area contributed by atoms with Crippen LogP contribution in [0.25, 0.3) is 0 Å². The topological polar surface area (TPSA) is 31.5 Å². The molecule has 2 heteroatoms. The molecule has 0 amide bonds. The highest BCUT2D eigenvalue weighted by Gasteiger charge is 2.24. The minimum Gasteiger partial charge on any atom is -0.412 e. The molecule has 0 aromatic rings. The zero-order valence-corrected chi connectivity index (χ0v) is 11.9. The van der Waals surface area contributed by atoms with E-state index in [0.29, 0.717) is 0 Å². The highest BCUT2D eigenvalue weighted by Crippen LogP contribution is 2.31. The second-order valence-electron chi connectivity index (χ2n) is 4.89. The summed E-state index contributed by atoms with van der Waals surface area (Å²) in [7, 11) is 0. The fourth-order valence-electron chi connectivity index (χ4n) is 3.32. The lowest BCUT2D eigenvalue weighted by atomic mass is 10.5. The van der Waals surface area contributed by atoms with Crippen LogP contribution >= 0.6 is 0 Å². The molecule has 0 spiro atoms. The number of rotatable bonds is 8. The Morgan fingerprint density at radius 3 is 0.929 bits per heavy atom. The molecular weight excluding hydrogens is 187 g/mol. The van der Waals surface area contributed by atoms with Gasteiger partial charge in [0.15, 0.2) is 0 Å². The van der Waals surface area contributed by atoms with Crippen LogP contribution in [0.3, 0.4) is 0 Å². The van der Waals surface area contributed by atoms with Gasteiger partial charge in [0.05, 0.1) is 0 Å². The van der Waals surface area contributed by atoms with Crippen LogP contribution in [0.2, 0.25) is 21.1 Å². The third-order valence-electron chi connectivity index (χ3n) is 3.60. The van der Waals surface area contributed by atoms with Gasteiger partial charge >= 0.3 is 0 Å². The van der Waals surface area contributed by atoms with E-state index >= 15 is 0 Å². The molecule has 2 N–H and O–H groups in total. The lowest BCUT2D eigenvalue weighted by Gasteiger charge is -2.35. The third kappa shape index (κ3) is 6.07. The van der Waals surface area contributed by atoms with Gasteiger partial charge in [-0.2, -0.15) is 21.1 Å². The van der Waals surface area contributed by atoms with Crippen LogP contribution < -0.4 is 0 Å². The smallest absolute Gasteiger partial charge is 0.134 e. The molecule has 0 atom stereocenters. The zero-order valence-electron chi connectivity index (χ0n) is 10.7. The van der Waals surface area contributed by atoms with Crippen molar-refractivity contribution in [1.82, 2.24) is 0 Å². The molecule has 0 heterocycles. The van der Waals surface area contributed by atoms with Gasteiger partial charge in [0.25, 0.3) is 0 Å². The van der Waals surface area contributed by atoms with Crippen LogP contribution in [0.4, 0.5) is 0 Å². The first-order chi connectivity index (χ1) is 6.24. The van der Waals surface area contributed by atoms with E-state index in [2.05, 4.69) is 27.7 Å². The van der Waals surface area contributed by atoms with Crippen molar-refractivity contribution >= 4 is 13.1 Å². The van der Waals surface area contributed by atoms with Gasteiger partial charge in [-0.25, -0.2) is 0 Å². The molecule has 14 heavy (non-hydrogen) atoms. The van der Waals surface area contributed by atoms with E-state index in [1.54, 1.807) is 21.1 Å². The van der Waals surface area contributed by atoms with Crippen molar-refractivity contribution in [2.45, 2.75) is 74.5 Å². The average molecular weight is 217 g/mol. The van der Waals surface area contributed by atoms with Gasteiger partial charge in [-0.15, -0.1) is 0 Å². The van der Waals surface area contributed by atoms with Crippen molar-refractivity contribution in [1.29, 1.82) is 0 Å². The molecule has 0 aromatic carbocycles. The van der Waals surface area contributed by atoms with Gasteiger partial charge in [0.2, 0.25) is 0 Å². The number of hydrogen-bond acceptors (Lipinski definition) is 0. The first-order valence-corrected chi connectivity index (χ1v) is 9.73. The molecule has 0 rings (SSSR count). The fourth-order valence-corrected chi connectivity index (χ4v) is 9.95. The van der Waals surface area contributed by atoms with Crippen molar-refractivity contribution in [2.75, 3.05) is 0 Å². The average Bonchev–Trinajstić information content (AvgIpc) is 2.06. The summed E-state index contributed by atoms with van der Waals surface area (Å²) in [6, 6.07) is 0. The van der Waals surface area contributed by atoms with E-state index < -0.39 is 13.1 Å². The Morgan fingerprint density at radius 2 is 0.786 bits per heavy atom. The Labute approximate surface area is 93.3 Å². The second-order valence-corrected chi connectivity index (χ2v) is 10.7. The lowest BCUT2D eigenvalue weighted by Crippen LogP contribution is -2.32. The van der Waals surface area contributed by atoms with E-state index in [0.717, 1.165) is 0 Å². The van der Waals surface area contributed by atoms with Crippen molar-refractivity contribution < 1.29 is 5.48 Å². The molecule has 0 radical (unpaired) electrons. The SMILES string of the molecule is CC[CH2][Al-]([CH2]CC)([CH2]CC)[CH2]CC.O. The quantitative estimate of drug-likeness (QED) is 0.544. The standard InChI is InChI=1S/4C3H7.Al.H2O/c4*1-3-2;;/h4*1,3H2,2H3;;1H2/q;;;;-1;. The minimum atomic E-state index is -1.09. The number of hydrogen-bond donors (Lipinski definition) is 0. The Kier molecular flexibility index (Phi) is 12.1. The summed E-state index contributed by atoms with van der Waals surface area (Å²) in [4.78, 5) is 0. The van der Waals surface area contributed by atoms with Crippen LogP contribution in [0.5, 0.6) is 0 Å². The molecule has 0 bridgehead atoms. The molecule has 0 saturated heterocycles. The molecule has 0 saturated carbocycles. The van der Waals surface area contributed by atoms with Gasteiger partial charge < -0.3 is 5.48 Å². The van der Waals surface area contributed by atoms with Crippen LogP contribution in [-0.4, -0.2) is 18.6 Å². The highest BCUT2D eigenvalue weighted by molar-refractivity contribution is 6.79.